The smallest absolute Gasteiger partial charge is 0.372 e. The summed E-state index contributed by atoms with van der Waals surface area (Å²) in [4.78, 5) is 42.0. The average molecular weight is 404 g/mol. The van der Waals surface area contributed by atoms with Gasteiger partial charge >= 0.3 is 12.0 Å². The minimum Gasteiger partial charge on any atom is -0.475 e. The number of ketones is 1. The molecule has 30 heavy (non-hydrogen) atoms. The highest BCUT2D eigenvalue weighted by Gasteiger charge is 2.14. The molecule has 3 rings (SSSR count). The summed E-state index contributed by atoms with van der Waals surface area (Å²) in [5.41, 5.74) is 2.54. The fourth-order valence-corrected chi connectivity index (χ4v) is 2.69. The number of nitrogens with one attached hydrogen (secondary N) is 2. The molecule has 8 heteroatoms. The highest BCUT2D eigenvalue weighted by atomic mass is 16.4. The maximum absolute atomic E-state index is 11.8. The number of aliphatic carboxylic acids is 1. The molecule has 2 amide bonds. The van der Waals surface area contributed by atoms with Gasteiger partial charge in [0.15, 0.2) is 0 Å². The van der Waals surface area contributed by atoms with Crippen molar-refractivity contribution in [1.82, 2.24) is 20.6 Å². The quantitative estimate of drug-likeness (QED) is 0.496. The third-order valence-corrected chi connectivity index (χ3v) is 4.20. The topological polar surface area (TPSA) is 121 Å². The number of Topliss-reactive ketones (excluding diaryl/α,β-unsaturated/α-hetero) is 1. The first kappa shape index (κ1) is 20.7. The van der Waals surface area contributed by atoms with Crippen LogP contribution in [0.25, 0.3) is 17.0 Å². The molecule has 0 aliphatic rings. The molecule has 8 nitrogen and oxygen atoms in total. The van der Waals surface area contributed by atoms with Crippen LogP contribution in [0, 0.1) is 0 Å². The number of nitrogens with zero attached hydrogens (tertiary/aromatic N) is 2. The summed E-state index contributed by atoms with van der Waals surface area (Å²) in [7, 11) is 0. The van der Waals surface area contributed by atoms with Crippen molar-refractivity contribution in [3.63, 3.8) is 0 Å². The molecular formula is C22H20N4O4. The van der Waals surface area contributed by atoms with E-state index in [-0.39, 0.29) is 18.3 Å². The van der Waals surface area contributed by atoms with Crippen LogP contribution in [-0.4, -0.2) is 39.4 Å². The Morgan fingerprint density at radius 1 is 1.03 bits per heavy atom. The van der Waals surface area contributed by atoms with Gasteiger partial charge in [-0.2, -0.15) is 0 Å². The Morgan fingerprint density at radius 3 is 2.60 bits per heavy atom. The van der Waals surface area contributed by atoms with Crippen molar-refractivity contribution in [3.8, 4) is 0 Å². The fraction of sp³-hybridized carbons (Fsp3) is 0.136. The number of amides is 2. The second-order valence-corrected chi connectivity index (χ2v) is 6.46. The molecule has 0 fully saturated rings. The molecule has 0 unspecified atom stereocenters. The molecule has 0 spiro atoms. The van der Waals surface area contributed by atoms with E-state index in [1.54, 1.807) is 12.3 Å². The zero-order chi connectivity index (χ0) is 21.3. The van der Waals surface area contributed by atoms with Crippen molar-refractivity contribution < 1.29 is 19.5 Å². The number of carboxylic acids is 1. The van der Waals surface area contributed by atoms with Gasteiger partial charge in [-0.1, -0.05) is 48.6 Å². The van der Waals surface area contributed by atoms with E-state index in [2.05, 4.69) is 20.6 Å². The first-order valence-corrected chi connectivity index (χ1v) is 9.25. The van der Waals surface area contributed by atoms with Crippen molar-refractivity contribution in [2.24, 2.45) is 0 Å². The van der Waals surface area contributed by atoms with E-state index >= 15 is 0 Å². The van der Waals surface area contributed by atoms with E-state index in [0.29, 0.717) is 18.6 Å². The molecule has 0 aliphatic carbocycles. The predicted octanol–water partition coefficient (Wildman–Crippen LogP) is 2.34. The maximum Gasteiger partial charge on any atom is 0.372 e. The van der Waals surface area contributed by atoms with Crippen molar-refractivity contribution in [2.45, 2.75) is 13.0 Å². The average Bonchev–Trinajstić information content (AvgIpc) is 2.76. The number of benzene rings is 2. The van der Waals surface area contributed by atoms with Crippen LogP contribution in [0.2, 0.25) is 0 Å². The number of carboxylic acid groups (broad SMARTS) is 1. The van der Waals surface area contributed by atoms with Gasteiger partial charge in [0.05, 0.1) is 11.9 Å². The van der Waals surface area contributed by atoms with Gasteiger partial charge in [0, 0.05) is 24.7 Å². The summed E-state index contributed by atoms with van der Waals surface area (Å²) in [6.45, 7) is 0.826. The minimum atomic E-state index is -1.50. The van der Waals surface area contributed by atoms with E-state index in [0.717, 1.165) is 16.5 Å². The molecule has 0 bridgehead atoms. The second kappa shape index (κ2) is 9.92. The number of hydrogen-bond acceptors (Lipinski definition) is 5. The highest BCUT2D eigenvalue weighted by molar-refractivity contribution is 6.33. The van der Waals surface area contributed by atoms with E-state index in [4.69, 9.17) is 5.11 Å². The van der Waals surface area contributed by atoms with Gasteiger partial charge in [0.25, 0.3) is 0 Å². The largest absolute Gasteiger partial charge is 0.475 e. The lowest BCUT2D eigenvalue weighted by Gasteiger charge is -2.06. The number of carbonyl (C=O) groups excluding carboxylic acids is 2. The summed E-state index contributed by atoms with van der Waals surface area (Å²) in [5, 5.41) is 15.0. The van der Waals surface area contributed by atoms with Crippen LogP contribution in [0.5, 0.6) is 0 Å². The number of fused-ring (bicyclic) bond motifs is 1. The third kappa shape index (κ3) is 5.96. The van der Waals surface area contributed by atoms with Crippen molar-refractivity contribution in [3.05, 3.63) is 77.8 Å². The molecule has 3 aromatic rings. The van der Waals surface area contributed by atoms with Crippen molar-refractivity contribution >= 4 is 34.8 Å². The molecular weight excluding hydrogens is 384 g/mol. The Bertz CT molecular complexity index is 1100. The fourth-order valence-electron chi connectivity index (χ4n) is 2.69. The standard InChI is InChI=1S/C22H20N4O4/c27-19(21(28)29)12-20-24-14-17-11-15(8-9-18(17)26-20)7-4-10-23-22(30)25-13-16-5-2-1-3-6-16/h1-9,11,14H,10,12-13H2,(H,28,29)(H2,23,25,30). The van der Waals surface area contributed by atoms with Crippen molar-refractivity contribution in [1.29, 1.82) is 0 Å². The van der Waals surface area contributed by atoms with Crippen LogP contribution < -0.4 is 10.6 Å². The molecule has 0 saturated heterocycles. The normalized spacial score (nSPS) is 10.8. The van der Waals surface area contributed by atoms with Gasteiger partial charge in [0.1, 0.15) is 5.82 Å². The van der Waals surface area contributed by atoms with Crippen molar-refractivity contribution in [2.75, 3.05) is 6.54 Å². The molecule has 0 saturated carbocycles. The molecule has 1 aromatic heterocycles. The Kier molecular flexibility index (Phi) is 6.83. The summed E-state index contributed by atoms with van der Waals surface area (Å²) in [6, 6.07) is 14.9. The van der Waals surface area contributed by atoms with E-state index in [9.17, 15) is 14.4 Å². The number of rotatable bonds is 8. The lowest BCUT2D eigenvalue weighted by atomic mass is 10.1. The SMILES string of the molecule is O=C(NCC=Cc1ccc2nc(CC(=O)C(=O)O)ncc2c1)NCc1ccccc1. The molecule has 3 N–H and O–H groups in total. The van der Waals surface area contributed by atoms with Gasteiger partial charge in [-0.05, 0) is 23.3 Å². The molecule has 1 heterocycles. The predicted molar refractivity (Wildman–Crippen MR) is 112 cm³/mol. The zero-order valence-corrected chi connectivity index (χ0v) is 16.0. The van der Waals surface area contributed by atoms with E-state index in [1.807, 2.05) is 54.6 Å². The summed E-state index contributed by atoms with van der Waals surface area (Å²) in [5.74, 6) is -2.28. The first-order valence-electron chi connectivity index (χ1n) is 9.25. The van der Waals surface area contributed by atoms with Crippen LogP contribution in [0.1, 0.15) is 17.0 Å². The highest BCUT2D eigenvalue weighted by Crippen LogP contribution is 2.15. The Balaban J connectivity index is 1.51. The summed E-state index contributed by atoms with van der Waals surface area (Å²) >= 11 is 0. The van der Waals surface area contributed by atoms with Gasteiger partial charge < -0.3 is 15.7 Å². The minimum absolute atomic E-state index is 0.170. The Hall–Kier alpha value is -4.07. The summed E-state index contributed by atoms with van der Waals surface area (Å²) in [6.07, 6.45) is 4.90. The van der Waals surface area contributed by atoms with Crippen LogP contribution in [0.15, 0.2) is 60.8 Å². The summed E-state index contributed by atoms with van der Waals surface area (Å²) < 4.78 is 0. The van der Waals surface area contributed by atoms with Crippen LogP contribution in [0.3, 0.4) is 0 Å². The zero-order valence-electron chi connectivity index (χ0n) is 16.0. The van der Waals surface area contributed by atoms with Gasteiger partial charge in [-0.25, -0.2) is 19.6 Å². The van der Waals surface area contributed by atoms with Crippen LogP contribution >= 0.6 is 0 Å². The third-order valence-electron chi connectivity index (χ3n) is 4.20. The monoisotopic (exact) mass is 404 g/mol. The van der Waals surface area contributed by atoms with E-state index in [1.165, 1.54) is 0 Å². The van der Waals surface area contributed by atoms with Crippen LogP contribution in [0.4, 0.5) is 4.79 Å². The number of urea groups is 1. The van der Waals surface area contributed by atoms with Gasteiger partial charge in [-0.3, -0.25) is 4.79 Å². The number of carbonyl (C=O) groups is 3. The van der Waals surface area contributed by atoms with Crippen LogP contribution in [-0.2, 0) is 22.6 Å². The Morgan fingerprint density at radius 2 is 1.83 bits per heavy atom. The van der Waals surface area contributed by atoms with Gasteiger partial charge in [-0.15, -0.1) is 0 Å². The lowest BCUT2D eigenvalue weighted by Crippen LogP contribution is -2.34. The van der Waals surface area contributed by atoms with E-state index < -0.39 is 11.8 Å². The molecule has 2 aromatic carbocycles. The first-order chi connectivity index (χ1) is 14.5. The Labute approximate surface area is 172 Å². The maximum atomic E-state index is 11.8. The lowest BCUT2D eigenvalue weighted by molar-refractivity contribution is -0.148. The number of aromatic nitrogens is 2. The van der Waals surface area contributed by atoms with Gasteiger partial charge in [0.2, 0.25) is 5.78 Å². The second-order valence-electron chi connectivity index (χ2n) is 6.46. The molecule has 0 aliphatic heterocycles. The molecule has 0 radical (unpaired) electrons. The molecule has 0 atom stereocenters. The molecule has 152 valence electrons. The number of hydrogen-bond donors (Lipinski definition) is 3.